The van der Waals surface area contributed by atoms with Crippen LogP contribution in [0.3, 0.4) is 0 Å². The Balaban J connectivity index is 1.08. The molecule has 0 atom stereocenters. The Bertz CT molecular complexity index is 3510. The molecule has 0 unspecified atom stereocenters. The second kappa shape index (κ2) is 11.6. The van der Waals surface area contributed by atoms with Gasteiger partial charge in [-0.2, -0.15) is 0 Å². The van der Waals surface area contributed by atoms with E-state index in [1.165, 1.54) is 15.5 Å². The molecule has 0 fully saturated rings. The molecule has 7 aromatic carbocycles. The van der Waals surface area contributed by atoms with Crippen molar-refractivity contribution in [3.05, 3.63) is 158 Å². The zero-order valence-electron chi connectivity index (χ0n) is 29.0. The molecule has 7 nitrogen and oxygen atoms in total. The molecule has 5 aromatic heterocycles. The van der Waals surface area contributed by atoms with Crippen LogP contribution in [0.15, 0.2) is 162 Å². The van der Waals surface area contributed by atoms with E-state index < -0.39 is 0 Å². The maximum absolute atomic E-state index is 6.64. The lowest BCUT2D eigenvalue weighted by Crippen LogP contribution is -2.00. The van der Waals surface area contributed by atoms with Crippen molar-refractivity contribution in [3.8, 4) is 45.6 Å². The van der Waals surface area contributed by atoms with Gasteiger partial charge in [-0.25, -0.2) is 24.9 Å². The largest absolute Gasteiger partial charge is 0.456 e. The zero-order valence-corrected chi connectivity index (χ0v) is 29.8. The Hall–Kier alpha value is -7.29. The third-order valence-corrected chi connectivity index (χ3v) is 11.7. The maximum atomic E-state index is 6.64. The first-order chi connectivity index (χ1) is 27.2. The van der Waals surface area contributed by atoms with Gasteiger partial charge in [0, 0.05) is 58.6 Å². The van der Waals surface area contributed by atoms with Crippen LogP contribution in [-0.2, 0) is 0 Å². The number of nitrogens with zero attached hydrogens (tertiary/aromatic N) is 6. The molecule has 55 heavy (non-hydrogen) atoms. The van der Waals surface area contributed by atoms with Gasteiger partial charge < -0.3 is 4.42 Å². The number of hydrogen-bond donors (Lipinski definition) is 0. The first kappa shape index (κ1) is 30.2. The van der Waals surface area contributed by atoms with Crippen molar-refractivity contribution in [2.45, 2.75) is 0 Å². The summed E-state index contributed by atoms with van der Waals surface area (Å²) in [6, 6.07) is 53.8. The van der Waals surface area contributed by atoms with Crippen LogP contribution in [0.1, 0.15) is 0 Å². The Morgan fingerprint density at radius 1 is 0.455 bits per heavy atom. The second-order valence-corrected chi connectivity index (χ2v) is 14.7. The average Bonchev–Trinajstić information content (AvgIpc) is 3.95. The Morgan fingerprint density at radius 2 is 1.16 bits per heavy atom. The summed E-state index contributed by atoms with van der Waals surface area (Å²) >= 11 is 1.77. The van der Waals surface area contributed by atoms with Gasteiger partial charge in [-0.05, 0) is 54.6 Å². The molecule has 0 bridgehead atoms. The molecular formula is C47H26N6OS. The van der Waals surface area contributed by atoms with E-state index in [4.69, 9.17) is 29.3 Å². The SMILES string of the molecule is c1ccc(-c2nc(-c3cccc4c3sc3ccccc34)nc(-c3cccc4oc5cc(-c6nc7ccccc7c7nc8ccccc8n67)ccc5c34)n2)cc1. The van der Waals surface area contributed by atoms with E-state index in [0.29, 0.717) is 17.5 Å². The van der Waals surface area contributed by atoms with E-state index in [-0.39, 0.29) is 0 Å². The molecule has 0 amide bonds. The van der Waals surface area contributed by atoms with Crippen LogP contribution in [0.5, 0.6) is 0 Å². The molecule has 0 N–H and O–H groups in total. The standard InChI is InChI=1S/C47H26N6OS/c1-2-12-27(13-3-1)43-50-44(52-45(51-43)34-18-10-16-30-29-14-5-9-23-40(29)55-42(30)34)33-17-11-22-38-41(33)32-25-24-28(26-39(32)54-38)46-48-35-19-6-4-15-31(35)47-49-36-20-7-8-21-37(36)53(46)47/h1-26H. The normalized spacial score (nSPS) is 12.0. The molecule has 12 rings (SSSR count). The van der Waals surface area contributed by atoms with Crippen LogP contribution in [0.2, 0.25) is 0 Å². The molecule has 12 aromatic rings. The molecule has 0 aliphatic rings. The number of rotatable bonds is 4. The topological polar surface area (TPSA) is 82.0 Å². The molecule has 0 radical (unpaired) electrons. The fraction of sp³-hybridized carbons (Fsp3) is 0. The van der Waals surface area contributed by atoms with Gasteiger partial charge in [-0.3, -0.25) is 4.40 Å². The summed E-state index contributed by atoms with van der Waals surface area (Å²) in [7, 11) is 0. The van der Waals surface area contributed by atoms with Crippen LogP contribution in [0.25, 0.3) is 115 Å². The highest BCUT2D eigenvalue weighted by Gasteiger charge is 2.21. The minimum Gasteiger partial charge on any atom is -0.456 e. The van der Waals surface area contributed by atoms with Gasteiger partial charge in [0.15, 0.2) is 17.5 Å². The van der Waals surface area contributed by atoms with E-state index in [1.54, 1.807) is 11.3 Å². The lowest BCUT2D eigenvalue weighted by molar-refractivity contribution is 0.669. The summed E-state index contributed by atoms with van der Waals surface area (Å²) < 4.78 is 11.2. The average molecular weight is 723 g/mol. The number of para-hydroxylation sites is 3. The summed E-state index contributed by atoms with van der Waals surface area (Å²) in [5.74, 6) is 2.63. The summed E-state index contributed by atoms with van der Waals surface area (Å²) in [5, 5.41) is 5.35. The van der Waals surface area contributed by atoms with Crippen LogP contribution in [-0.4, -0.2) is 29.3 Å². The third-order valence-electron chi connectivity index (χ3n) is 10.5. The first-order valence-corrected chi connectivity index (χ1v) is 18.9. The van der Waals surface area contributed by atoms with Crippen molar-refractivity contribution >= 4 is 81.0 Å². The quantitative estimate of drug-likeness (QED) is 0.180. The monoisotopic (exact) mass is 722 g/mol. The molecule has 0 spiro atoms. The van der Waals surface area contributed by atoms with Gasteiger partial charge in [-0.15, -0.1) is 11.3 Å². The number of thiophene rings is 1. The first-order valence-electron chi connectivity index (χ1n) is 18.1. The van der Waals surface area contributed by atoms with E-state index in [9.17, 15) is 0 Å². The maximum Gasteiger partial charge on any atom is 0.165 e. The predicted octanol–water partition coefficient (Wildman–Crippen LogP) is 12.2. The van der Waals surface area contributed by atoms with Gasteiger partial charge >= 0.3 is 0 Å². The summed E-state index contributed by atoms with van der Waals surface area (Å²) in [4.78, 5) is 25.7. The fourth-order valence-electron chi connectivity index (χ4n) is 7.95. The highest BCUT2D eigenvalue weighted by molar-refractivity contribution is 7.26. The van der Waals surface area contributed by atoms with Crippen LogP contribution < -0.4 is 0 Å². The minimum atomic E-state index is 0.585. The molecule has 0 saturated heterocycles. The molecule has 0 saturated carbocycles. The van der Waals surface area contributed by atoms with Crippen LogP contribution >= 0.6 is 11.3 Å². The molecule has 5 heterocycles. The van der Waals surface area contributed by atoms with Crippen LogP contribution in [0.4, 0.5) is 0 Å². The predicted molar refractivity (Wildman–Crippen MR) is 223 cm³/mol. The minimum absolute atomic E-state index is 0.585. The van der Waals surface area contributed by atoms with Crippen molar-refractivity contribution < 1.29 is 4.42 Å². The van der Waals surface area contributed by atoms with Gasteiger partial charge in [0.05, 0.1) is 16.6 Å². The number of fused-ring (bicyclic) bond motifs is 11. The Morgan fingerprint density at radius 3 is 2.07 bits per heavy atom. The number of hydrogen-bond acceptors (Lipinski definition) is 7. The van der Waals surface area contributed by atoms with Crippen molar-refractivity contribution in [2.75, 3.05) is 0 Å². The van der Waals surface area contributed by atoms with Crippen molar-refractivity contribution in [2.24, 2.45) is 0 Å². The third kappa shape index (κ3) is 4.58. The summed E-state index contributed by atoms with van der Waals surface area (Å²) in [6.45, 7) is 0. The smallest absolute Gasteiger partial charge is 0.165 e. The van der Waals surface area contributed by atoms with E-state index in [1.807, 2.05) is 78.9 Å². The molecular weight excluding hydrogens is 697 g/mol. The zero-order chi connectivity index (χ0) is 36.0. The lowest BCUT2D eigenvalue weighted by atomic mass is 10.0. The number of benzene rings is 7. The van der Waals surface area contributed by atoms with Crippen molar-refractivity contribution in [3.63, 3.8) is 0 Å². The second-order valence-electron chi connectivity index (χ2n) is 13.7. The summed E-state index contributed by atoms with van der Waals surface area (Å²) in [6.07, 6.45) is 0. The molecule has 0 aliphatic carbocycles. The van der Waals surface area contributed by atoms with Crippen molar-refractivity contribution in [1.29, 1.82) is 0 Å². The van der Waals surface area contributed by atoms with Gasteiger partial charge in [0.2, 0.25) is 0 Å². The number of furan rings is 1. The Labute approximate surface area is 316 Å². The van der Waals surface area contributed by atoms with Gasteiger partial charge in [0.25, 0.3) is 0 Å². The van der Waals surface area contributed by atoms with Gasteiger partial charge in [0.1, 0.15) is 22.6 Å². The van der Waals surface area contributed by atoms with E-state index in [0.717, 1.165) is 82.3 Å². The Kier molecular flexibility index (Phi) is 6.37. The van der Waals surface area contributed by atoms with Crippen molar-refractivity contribution in [1.82, 2.24) is 29.3 Å². The van der Waals surface area contributed by atoms with E-state index >= 15 is 0 Å². The molecule has 8 heteroatoms. The molecule has 256 valence electrons. The number of aromatic nitrogens is 6. The lowest BCUT2D eigenvalue weighted by Gasteiger charge is -2.10. The summed E-state index contributed by atoms with van der Waals surface area (Å²) in [5.41, 5.74) is 8.90. The fourth-order valence-corrected chi connectivity index (χ4v) is 9.16. The highest BCUT2D eigenvalue weighted by atomic mass is 32.1. The number of imidazole rings is 1. The van der Waals surface area contributed by atoms with E-state index in [2.05, 4.69) is 83.3 Å². The van der Waals surface area contributed by atoms with Gasteiger partial charge in [-0.1, -0.05) is 103 Å². The van der Waals surface area contributed by atoms with Crippen LogP contribution in [0, 0.1) is 0 Å². The highest BCUT2D eigenvalue weighted by Crippen LogP contribution is 2.42. The molecule has 0 aliphatic heterocycles.